The number of benzene rings is 2. The Hall–Kier alpha value is -3.12. The van der Waals surface area contributed by atoms with Crippen LogP contribution in [-0.2, 0) is 22.7 Å². The smallest absolute Gasteiger partial charge is 0.247 e. The highest BCUT2D eigenvalue weighted by Gasteiger charge is 2.28. The highest BCUT2D eigenvalue weighted by molar-refractivity contribution is 9.10. The second kappa shape index (κ2) is 14.1. The van der Waals surface area contributed by atoms with Crippen molar-refractivity contribution in [3.63, 3.8) is 0 Å². The Balaban J connectivity index is 1.49. The molecule has 0 bridgehead atoms. The molecule has 1 aliphatic rings. The van der Waals surface area contributed by atoms with Crippen molar-refractivity contribution in [1.82, 2.24) is 14.4 Å². The highest BCUT2D eigenvalue weighted by atomic mass is 79.9. The maximum Gasteiger partial charge on any atom is 0.247 e. The Morgan fingerprint density at radius 1 is 0.974 bits per heavy atom. The molecule has 0 aliphatic heterocycles. The van der Waals surface area contributed by atoms with E-state index in [2.05, 4.69) is 63.1 Å². The second-order valence-corrected chi connectivity index (χ2v) is 11.0. The molecule has 1 aromatic heterocycles. The van der Waals surface area contributed by atoms with E-state index < -0.39 is 0 Å². The number of nitrogens with zero attached hydrogens (tertiary/aromatic N) is 3. The third-order valence-electron chi connectivity index (χ3n) is 7.21. The minimum absolute atomic E-state index is 0.0307. The van der Waals surface area contributed by atoms with Gasteiger partial charge in [-0.05, 0) is 60.7 Å². The standard InChI is InChI=1S/C32H38BrN3O2/c1-2-21-35(31(37)20-17-26-10-5-3-6-11-26)25-32(38)36(29-12-7-4-8-13-29)24-30-14-9-22-34(30)23-27-15-18-28(33)19-16-27/h3,5-6,9-11,14-20,22,29H,2,4,7-8,12-13,21,23-25H2,1H3. The van der Waals surface area contributed by atoms with Crippen LogP contribution < -0.4 is 0 Å². The zero-order valence-electron chi connectivity index (χ0n) is 22.3. The Morgan fingerprint density at radius 2 is 1.71 bits per heavy atom. The topological polar surface area (TPSA) is 45.6 Å². The molecule has 2 aromatic carbocycles. The number of aromatic nitrogens is 1. The summed E-state index contributed by atoms with van der Waals surface area (Å²) in [5, 5.41) is 0. The summed E-state index contributed by atoms with van der Waals surface area (Å²) in [6.45, 7) is 4.02. The van der Waals surface area contributed by atoms with Gasteiger partial charge >= 0.3 is 0 Å². The highest BCUT2D eigenvalue weighted by Crippen LogP contribution is 2.25. The van der Waals surface area contributed by atoms with E-state index >= 15 is 0 Å². The molecule has 3 aromatic rings. The minimum Gasteiger partial charge on any atom is -0.345 e. The molecule has 200 valence electrons. The van der Waals surface area contributed by atoms with E-state index in [0.717, 1.165) is 54.4 Å². The van der Waals surface area contributed by atoms with Gasteiger partial charge in [0.25, 0.3) is 0 Å². The molecule has 5 nitrogen and oxygen atoms in total. The first kappa shape index (κ1) is 27.9. The molecule has 0 saturated heterocycles. The van der Waals surface area contributed by atoms with Crippen LogP contribution in [0.1, 0.15) is 62.3 Å². The predicted molar refractivity (Wildman–Crippen MR) is 157 cm³/mol. The van der Waals surface area contributed by atoms with Crippen molar-refractivity contribution >= 4 is 33.8 Å². The molecule has 4 rings (SSSR count). The zero-order valence-corrected chi connectivity index (χ0v) is 23.9. The predicted octanol–water partition coefficient (Wildman–Crippen LogP) is 6.91. The summed E-state index contributed by atoms with van der Waals surface area (Å²) in [5.41, 5.74) is 3.30. The maximum absolute atomic E-state index is 13.8. The monoisotopic (exact) mass is 575 g/mol. The molecule has 38 heavy (non-hydrogen) atoms. The van der Waals surface area contributed by atoms with Crippen molar-refractivity contribution in [3.8, 4) is 0 Å². The third-order valence-corrected chi connectivity index (χ3v) is 7.74. The number of halogens is 1. The van der Waals surface area contributed by atoms with Crippen LogP contribution in [0.4, 0.5) is 0 Å². The Kier molecular flexibility index (Phi) is 10.4. The lowest BCUT2D eigenvalue weighted by atomic mass is 9.94. The van der Waals surface area contributed by atoms with Gasteiger partial charge in [-0.25, -0.2) is 0 Å². The van der Waals surface area contributed by atoms with Gasteiger partial charge in [0, 0.05) is 41.6 Å². The molecule has 1 heterocycles. The summed E-state index contributed by atoms with van der Waals surface area (Å²) in [6.07, 6.45) is 11.9. The largest absolute Gasteiger partial charge is 0.345 e. The van der Waals surface area contributed by atoms with Crippen molar-refractivity contribution in [2.75, 3.05) is 13.1 Å². The Bertz CT molecular complexity index is 1200. The average molecular weight is 577 g/mol. The van der Waals surface area contributed by atoms with E-state index in [0.29, 0.717) is 13.1 Å². The van der Waals surface area contributed by atoms with Crippen LogP contribution in [0.25, 0.3) is 6.08 Å². The normalized spacial score (nSPS) is 14.1. The van der Waals surface area contributed by atoms with E-state index in [1.807, 2.05) is 48.2 Å². The summed E-state index contributed by atoms with van der Waals surface area (Å²) in [5.74, 6) is -0.0885. The SMILES string of the molecule is CCCN(CC(=O)N(Cc1cccn1Cc1ccc(Br)cc1)C1CCCCC1)C(=O)C=Cc1ccccc1. The molecule has 2 amide bonds. The average Bonchev–Trinajstić information content (AvgIpc) is 3.38. The van der Waals surface area contributed by atoms with Gasteiger partial charge in [0.1, 0.15) is 6.54 Å². The van der Waals surface area contributed by atoms with Crippen LogP contribution in [0.2, 0.25) is 0 Å². The molecule has 0 spiro atoms. The van der Waals surface area contributed by atoms with Crippen molar-refractivity contribution in [1.29, 1.82) is 0 Å². The minimum atomic E-state index is -0.119. The maximum atomic E-state index is 13.8. The van der Waals surface area contributed by atoms with Gasteiger partial charge in [-0.3, -0.25) is 9.59 Å². The summed E-state index contributed by atoms with van der Waals surface area (Å²) in [7, 11) is 0. The van der Waals surface area contributed by atoms with Gasteiger partial charge in [0.05, 0.1) is 6.54 Å². The number of carbonyl (C=O) groups excluding carboxylic acids is 2. The first-order chi connectivity index (χ1) is 18.5. The molecule has 0 radical (unpaired) electrons. The van der Waals surface area contributed by atoms with Crippen molar-refractivity contribution in [2.45, 2.75) is 64.6 Å². The number of hydrogen-bond donors (Lipinski definition) is 0. The van der Waals surface area contributed by atoms with E-state index in [9.17, 15) is 9.59 Å². The number of rotatable bonds is 11. The molecule has 0 atom stereocenters. The van der Waals surface area contributed by atoms with E-state index in [-0.39, 0.29) is 24.4 Å². The lowest BCUT2D eigenvalue weighted by molar-refractivity contribution is -0.141. The molecule has 0 N–H and O–H groups in total. The summed E-state index contributed by atoms with van der Waals surface area (Å²) < 4.78 is 3.29. The van der Waals surface area contributed by atoms with E-state index in [4.69, 9.17) is 0 Å². The van der Waals surface area contributed by atoms with Crippen LogP contribution in [0, 0.1) is 0 Å². The van der Waals surface area contributed by atoms with Crippen LogP contribution in [0.5, 0.6) is 0 Å². The number of carbonyl (C=O) groups is 2. The van der Waals surface area contributed by atoms with Gasteiger partial charge in [-0.2, -0.15) is 0 Å². The van der Waals surface area contributed by atoms with Crippen molar-refractivity contribution in [3.05, 3.63) is 100 Å². The zero-order chi connectivity index (χ0) is 26.7. The quantitative estimate of drug-likeness (QED) is 0.233. The fourth-order valence-electron chi connectivity index (χ4n) is 5.15. The summed E-state index contributed by atoms with van der Waals surface area (Å²) >= 11 is 3.51. The molecule has 1 fully saturated rings. The fraction of sp³-hybridized carbons (Fsp3) is 0.375. The van der Waals surface area contributed by atoms with E-state index in [1.54, 1.807) is 11.0 Å². The molecule has 1 aliphatic carbocycles. The first-order valence-corrected chi connectivity index (χ1v) is 14.5. The lowest BCUT2D eigenvalue weighted by Crippen LogP contribution is -2.47. The fourth-order valence-corrected chi connectivity index (χ4v) is 5.41. The van der Waals surface area contributed by atoms with Gasteiger partial charge in [-0.1, -0.05) is 84.6 Å². The van der Waals surface area contributed by atoms with Gasteiger partial charge in [0.2, 0.25) is 11.8 Å². The second-order valence-electron chi connectivity index (χ2n) is 10.1. The van der Waals surface area contributed by atoms with E-state index in [1.165, 1.54) is 12.0 Å². The van der Waals surface area contributed by atoms with Gasteiger partial charge < -0.3 is 14.4 Å². The molecule has 6 heteroatoms. The van der Waals surface area contributed by atoms with Crippen molar-refractivity contribution < 1.29 is 9.59 Å². The third kappa shape index (κ3) is 7.94. The molecule has 0 unspecified atom stereocenters. The first-order valence-electron chi connectivity index (χ1n) is 13.7. The Morgan fingerprint density at radius 3 is 2.42 bits per heavy atom. The van der Waals surface area contributed by atoms with Crippen molar-refractivity contribution in [2.24, 2.45) is 0 Å². The van der Waals surface area contributed by atoms with Gasteiger partial charge in [0.15, 0.2) is 0 Å². The van der Waals surface area contributed by atoms with Crippen LogP contribution in [0.3, 0.4) is 0 Å². The number of hydrogen-bond acceptors (Lipinski definition) is 2. The lowest BCUT2D eigenvalue weighted by Gasteiger charge is -2.36. The van der Waals surface area contributed by atoms with Crippen LogP contribution >= 0.6 is 15.9 Å². The van der Waals surface area contributed by atoms with Crippen LogP contribution in [0.15, 0.2) is 83.5 Å². The molecule has 1 saturated carbocycles. The Labute approximate surface area is 235 Å². The molecular formula is C32H38BrN3O2. The summed E-state index contributed by atoms with van der Waals surface area (Å²) in [6, 6.07) is 22.5. The molecular weight excluding hydrogens is 538 g/mol. The van der Waals surface area contributed by atoms with Gasteiger partial charge in [-0.15, -0.1) is 0 Å². The van der Waals surface area contributed by atoms with Crippen LogP contribution in [-0.4, -0.2) is 45.3 Å². The summed E-state index contributed by atoms with van der Waals surface area (Å²) in [4.78, 5) is 30.7. The number of amides is 2.